The van der Waals surface area contributed by atoms with Gasteiger partial charge in [-0.25, -0.2) is 4.39 Å². The molecule has 1 aliphatic rings. The van der Waals surface area contributed by atoms with Gasteiger partial charge in [0.05, 0.1) is 12.6 Å². The van der Waals surface area contributed by atoms with Gasteiger partial charge in [0.15, 0.2) is 0 Å². The number of rotatable bonds is 7. The summed E-state index contributed by atoms with van der Waals surface area (Å²) in [7, 11) is 0. The van der Waals surface area contributed by atoms with E-state index in [1.807, 2.05) is 30.3 Å². The van der Waals surface area contributed by atoms with Crippen LogP contribution in [-0.2, 0) is 16.0 Å². The molecule has 0 radical (unpaired) electrons. The fraction of sp³-hybridized carbons (Fsp3) is 0.300. The van der Waals surface area contributed by atoms with Gasteiger partial charge in [-0.2, -0.15) is 0 Å². The van der Waals surface area contributed by atoms with Crippen LogP contribution in [0.3, 0.4) is 0 Å². The summed E-state index contributed by atoms with van der Waals surface area (Å²) in [6.45, 7) is -0.0257. The molecule has 0 bridgehead atoms. The fourth-order valence-corrected chi connectivity index (χ4v) is 2.70. The smallest absolute Gasteiger partial charge is 0.239 e. The third-order valence-corrected chi connectivity index (χ3v) is 4.26. The number of hydrogen-bond acceptors (Lipinski definition) is 2. The lowest BCUT2D eigenvalue weighted by atomic mass is 9.99. The molecule has 25 heavy (non-hydrogen) atoms. The molecule has 1 atom stereocenters. The van der Waals surface area contributed by atoms with Crippen LogP contribution in [0.4, 0.5) is 4.39 Å². The molecule has 0 unspecified atom stereocenters. The van der Waals surface area contributed by atoms with Crippen molar-refractivity contribution in [1.82, 2.24) is 10.6 Å². The van der Waals surface area contributed by atoms with Gasteiger partial charge >= 0.3 is 0 Å². The Morgan fingerprint density at radius 3 is 2.36 bits per heavy atom. The Bertz CT molecular complexity index is 727. The number of carbonyl (C=O) groups is 2. The number of nitrogens with one attached hydrogen (secondary N) is 2. The average Bonchev–Trinajstić information content (AvgIpc) is 3.47. The summed E-state index contributed by atoms with van der Waals surface area (Å²) in [6.07, 6.45) is 2.36. The lowest BCUT2D eigenvalue weighted by molar-refractivity contribution is -0.127. The molecule has 2 aromatic carbocycles. The van der Waals surface area contributed by atoms with Gasteiger partial charge in [-0.1, -0.05) is 42.5 Å². The van der Waals surface area contributed by atoms with Crippen molar-refractivity contribution < 1.29 is 14.0 Å². The minimum atomic E-state index is -0.285. The first kappa shape index (κ1) is 17.1. The summed E-state index contributed by atoms with van der Waals surface area (Å²) in [5, 5.41) is 5.64. The van der Waals surface area contributed by atoms with Crippen LogP contribution in [0.15, 0.2) is 54.6 Å². The summed E-state index contributed by atoms with van der Waals surface area (Å²) in [5.41, 5.74) is 1.89. The summed E-state index contributed by atoms with van der Waals surface area (Å²) >= 11 is 0. The fourth-order valence-electron chi connectivity index (χ4n) is 2.70. The maximum atomic E-state index is 13.1. The molecule has 5 heteroatoms. The van der Waals surface area contributed by atoms with Crippen molar-refractivity contribution >= 4 is 11.8 Å². The molecule has 2 aromatic rings. The van der Waals surface area contributed by atoms with E-state index in [4.69, 9.17) is 0 Å². The highest BCUT2D eigenvalue weighted by atomic mass is 19.1. The summed E-state index contributed by atoms with van der Waals surface area (Å²) in [4.78, 5) is 23.9. The molecule has 4 nitrogen and oxygen atoms in total. The topological polar surface area (TPSA) is 58.2 Å². The van der Waals surface area contributed by atoms with Crippen LogP contribution in [0.5, 0.6) is 0 Å². The SMILES string of the molecule is O=C(CNC(=O)C1CC1)N[C@@H](Cc1ccc(F)cc1)c1ccccc1. The maximum Gasteiger partial charge on any atom is 0.239 e. The Balaban J connectivity index is 1.64. The Morgan fingerprint density at radius 2 is 1.72 bits per heavy atom. The molecule has 0 saturated heterocycles. The van der Waals surface area contributed by atoms with Crippen LogP contribution in [0.1, 0.15) is 30.0 Å². The average molecular weight is 340 g/mol. The van der Waals surface area contributed by atoms with Crippen molar-refractivity contribution in [2.75, 3.05) is 6.54 Å². The second-order valence-electron chi connectivity index (χ2n) is 6.35. The normalized spacial score (nSPS) is 14.6. The number of benzene rings is 2. The van der Waals surface area contributed by atoms with E-state index in [9.17, 15) is 14.0 Å². The predicted molar refractivity (Wildman–Crippen MR) is 93.2 cm³/mol. The third-order valence-electron chi connectivity index (χ3n) is 4.26. The van der Waals surface area contributed by atoms with Crippen molar-refractivity contribution in [3.63, 3.8) is 0 Å². The van der Waals surface area contributed by atoms with Crippen LogP contribution in [-0.4, -0.2) is 18.4 Å². The Hall–Kier alpha value is -2.69. The van der Waals surface area contributed by atoms with Gasteiger partial charge in [-0.05, 0) is 42.5 Å². The highest BCUT2D eigenvalue weighted by Crippen LogP contribution is 2.28. The van der Waals surface area contributed by atoms with E-state index in [1.54, 1.807) is 12.1 Å². The summed E-state index contributed by atoms with van der Waals surface area (Å²) in [6, 6.07) is 15.6. The predicted octanol–water partition coefficient (Wildman–Crippen LogP) is 2.75. The van der Waals surface area contributed by atoms with Crippen molar-refractivity contribution in [3.05, 3.63) is 71.5 Å². The van der Waals surface area contributed by atoms with Crippen LogP contribution in [0.2, 0.25) is 0 Å². The zero-order valence-corrected chi connectivity index (χ0v) is 13.9. The third kappa shape index (κ3) is 5.14. The molecule has 2 amide bonds. The van der Waals surface area contributed by atoms with Gasteiger partial charge in [-0.15, -0.1) is 0 Å². The standard InChI is InChI=1S/C20H21FN2O2/c21-17-10-6-14(7-11-17)12-18(15-4-2-1-3-5-15)23-19(24)13-22-20(25)16-8-9-16/h1-7,10-11,16,18H,8-9,12-13H2,(H,22,25)(H,23,24)/t18-/m0/s1. The van der Waals surface area contributed by atoms with E-state index in [1.165, 1.54) is 12.1 Å². The first-order valence-corrected chi connectivity index (χ1v) is 8.48. The molecule has 2 N–H and O–H groups in total. The first-order valence-electron chi connectivity index (χ1n) is 8.48. The van der Waals surface area contributed by atoms with E-state index in [0.717, 1.165) is 24.0 Å². The van der Waals surface area contributed by atoms with Gasteiger partial charge in [0, 0.05) is 5.92 Å². The molecule has 0 heterocycles. The molecule has 1 fully saturated rings. The van der Waals surface area contributed by atoms with Gasteiger partial charge < -0.3 is 10.6 Å². The first-order chi connectivity index (χ1) is 12.1. The molecular weight excluding hydrogens is 319 g/mol. The van der Waals surface area contributed by atoms with Crippen LogP contribution in [0.25, 0.3) is 0 Å². The van der Waals surface area contributed by atoms with Gasteiger partial charge in [-0.3, -0.25) is 9.59 Å². The molecule has 3 rings (SSSR count). The Labute approximate surface area is 146 Å². The van der Waals surface area contributed by atoms with E-state index in [0.29, 0.717) is 6.42 Å². The second-order valence-corrected chi connectivity index (χ2v) is 6.35. The molecule has 0 aliphatic heterocycles. The minimum absolute atomic E-state index is 0.0257. The summed E-state index contributed by atoms with van der Waals surface area (Å²) in [5.74, 6) is -0.487. The monoisotopic (exact) mass is 340 g/mol. The maximum absolute atomic E-state index is 13.1. The zero-order chi connectivity index (χ0) is 17.6. The van der Waals surface area contributed by atoms with E-state index in [-0.39, 0.29) is 36.1 Å². The van der Waals surface area contributed by atoms with Crippen molar-refractivity contribution in [2.24, 2.45) is 5.92 Å². The molecular formula is C20H21FN2O2. The molecule has 130 valence electrons. The molecule has 0 spiro atoms. The second kappa shape index (κ2) is 7.92. The highest BCUT2D eigenvalue weighted by molar-refractivity contribution is 5.87. The van der Waals surface area contributed by atoms with Crippen LogP contribution < -0.4 is 10.6 Å². The number of carbonyl (C=O) groups excluding carboxylic acids is 2. The van der Waals surface area contributed by atoms with Crippen LogP contribution >= 0.6 is 0 Å². The van der Waals surface area contributed by atoms with E-state index in [2.05, 4.69) is 10.6 Å². The van der Waals surface area contributed by atoms with Gasteiger partial charge in [0.25, 0.3) is 0 Å². The Kier molecular flexibility index (Phi) is 5.43. The minimum Gasteiger partial charge on any atom is -0.347 e. The van der Waals surface area contributed by atoms with Crippen LogP contribution in [0, 0.1) is 11.7 Å². The number of hydrogen-bond donors (Lipinski definition) is 2. The molecule has 1 saturated carbocycles. The lowest BCUT2D eigenvalue weighted by Crippen LogP contribution is -2.39. The molecule has 0 aromatic heterocycles. The Morgan fingerprint density at radius 1 is 1.04 bits per heavy atom. The van der Waals surface area contributed by atoms with Gasteiger partial charge in [0.1, 0.15) is 5.82 Å². The zero-order valence-electron chi connectivity index (χ0n) is 13.9. The van der Waals surface area contributed by atoms with Gasteiger partial charge in [0.2, 0.25) is 11.8 Å². The van der Waals surface area contributed by atoms with E-state index < -0.39 is 0 Å². The van der Waals surface area contributed by atoms with Crippen molar-refractivity contribution in [3.8, 4) is 0 Å². The number of amides is 2. The quantitative estimate of drug-likeness (QED) is 0.814. The van der Waals surface area contributed by atoms with E-state index >= 15 is 0 Å². The molecule has 1 aliphatic carbocycles. The van der Waals surface area contributed by atoms with Crippen molar-refractivity contribution in [2.45, 2.75) is 25.3 Å². The largest absolute Gasteiger partial charge is 0.347 e. The lowest BCUT2D eigenvalue weighted by Gasteiger charge is -2.20. The van der Waals surface area contributed by atoms with Crippen molar-refractivity contribution in [1.29, 1.82) is 0 Å². The number of halogens is 1. The summed E-state index contributed by atoms with van der Waals surface area (Å²) < 4.78 is 13.1. The highest BCUT2D eigenvalue weighted by Gasteiger charge is 2.29.